The van der Waals surface area contributed by atoms with Crippen LogP contribution in [0.1, 0.15) is 39.2 Å². The molecule has 3 amide bonds. The normalized spacial score (nSPS) is 14.9. The predicted octanol–water partition coefficient (Wildman–Crippen LogP) is 2.97. The van der Waals surface area contributed by atoms with Crippen molar-refractivity contribution in [1.82, 2.24) is 15.1 Å². The SMILES string of the molecule is CC(C)(C)OC(=O)NCCC(=O)N1CCCN(C(=O)Cc2ccc(Br)cc2)CC1. The van der Waals surface area contributed by atoms with E-state index in [1.165, 1.54) is 0 Å². The zero-order valence-electron chi connectivity index (χ0n) is 17.4. The van der Waals surface area contributed by atoms with Gasteiger partial charge in [0.15, 0.2) is 0 Å². The van der Waals surface area contributed by atoms with Crippen LogP contribution in [0.25, 0.3) is 0 Å². The summed E-state index contributed by atoms with van der Waals surface area (Å²) in [5.41, 5.74) is 0.411. The molecule has 1 heterocycles. The largest absolute Gasteiger partial charge is 0.444 e. The zero-order valence-corrected chi connectivity index (χ0v) is 19.0. The van der Waals surface area contributed by atoms with Crippen molar-refractivity contribution in [3.05, 3.63) is 34.3 Å². The van der Waals surface area contributed by atoms with E-state index in [1.54, 1.807) is 25.7 Å². The van der Waals surface area contributed by atoms with Gasteiger partial charge in [-0.3, -0.25) is 9.59 Å². The lowest BCUT2D eigenvalue weighted by atomic mass is 10.1. The van der Waals surface area contributed by atoms with Crippen molar-refractivity contribution in [2.24, 2.45) is 0 Å². The summed E-state index contributed by atoms with van der Waals surface area (Å²) in [6, 6.07) is 7.73. The van der Waals surface area contributed by atoms with Crippen molar-refractivity contribution in [2.75, 3.05) is 32.7 Å². The first-order valence-corrected chi connectivity index (χ1v) is 10.7. The summed E-state index contributed by atoms with van der Waals surface area (Å²) < 4.78 is 6.14. The van der Waals surface area contributed by atoms with E-state index in [2.05, 4.69) is 21.2 Å². The second-order valence-electron chi connectivity index (χ2n) is 8.10. The van der Waals surface area contributed by atoms with Gasteiger partial charge in [-0.2, -0.15) is 0 Å². The van der Waals surface area contributed by atoms with Gasteiger partial charge in [-0.25, -0.2) is 4.79 Å². The number of rotatable bonds is 5. The molecule has 1 N–H and O–H groups in total. The lowest BCUT2D eigenvalue weighted by molar-refractivity contribution is -0.133. The molecule has 1 aliphatic rings. The number of carbonyl (C=O) groups is 3. The fourth-order valence-electron chi connectivity index (χ4n) is 3.05. The molecule has 1 aromatic carbocycles. The van der Waals surface area contributed by atoms with Crippen LogP contribution in [-0.2, 0) is 20.7 Å². The van der Waals surface area contributed by atoms with Crippen LogP contribution < -0.4 is 5.32 Å². The summed E-state index contributed by atoms with van der Waals surface area (Å²) in [5, 5.41) is 2.61. The first-order chi connectivity index (χ1) is 13.6. The summed E-state index contributed by atoms with van der Waals surface area (Å²) in [6.45, 7) is 7.91. The van der Waals surface area contributed by atoms with Gasteiger partial charge < -0.3 is 19.9 Å². The summed E-state index contributed by atoms with van der Waals surface area (Å²) in [4.78, 5) is 40.3. The Balaban J connectivity index is 1.75. The minimum Gasteiger partial charge on any atom is -0.444 e. The third-order valence-electron chi connectivity index (χ3n) is 4.48. The molecule has 1 fully saturated rings. The molecule has 1 aliphatic heterocycles. The van der Waals surface area contributed by atoms with Crippen LogP contribution in [0.15, 0.2) is 28.7 Å². The molecule has 0 bridgehead atoms. The lowest BCUT2D eigenvalue weighted by Gasteiger charge is -2.23. The molecule has 8 heteroatoms. The van der Waals surface area contributed by atoms with E-state index in [4.69, 9.17) is 4.74 Å². The Kier molecular flexibility index (Phi) is 8.49. The molecule has 0 saturated carbocycles. The molecule has 29 heavy (non-hydrogen) atoms. The van der Waals surface area contributed by atoms with Gasteiger partial charge in [-0.05, 0) is 44.9 Å². The molecule has 0 atom stereocenters. The molecule has 2 rings (SSSR count). The van der Waals surface area contributed by atoms with E-state index in [0.717, 1.165) is 16.5 Å². The van der Waals surface area contributed by atoms with Crippen molar-refractivity contribution in [1.29, 1.82) is 0 Å². The molecule has 1 aromatic rings. The highest BCUT2D eigenvalue weighted by atomic mass is 79.9. The Morgan fingerprint density at radius 3 is 2.17 bits per heavy atom. The van der Waals surface area contributed by atoms with Crippen LogP contribution in [0, 0.1) is 0 Å². The number of amides is 3. The van der Waals surface area contributed by atoms with Gasteiger partial charge in [0.2, 0.25) is 11.8 Å². The van der Waals surface area contributed by atoms with Crippen LogP contribution in [0.2, 0.25) is 0 Å². The number of carbonyl (C=O) groups excluding carboxylic acids is 3. The number of nitrogens with one attached hydrogen (secondary N) is 1. The van der Waals surface area contributed by atoms with Gasteiger partial charge in [-0.15, -0.1) is 0 Å². The molecule has 0 spiro atoms. The average molecular weight is 468 g/mol. The quantitative estimate of drug-likeness (QED) is 0.721. The van der Waals surface area contributed by atoms with Crippen molar-refractivity contribution >= 4 is 33.8 Å². The third kappa shape index (κ3) is 8.43. The monoisotopic (exact) mass is 467 g/mol. The number of ether oxygens (including phenoxy) is 1. The van der Waals surface area contributed by atoms with Gasteiger partial charge in [0.25, 0.3) is 0 Å². The van der Waals surface area contributed by atoms with Crippen LogP contribution in [0.3, 0.4) is 0 Å². The van der Waals surface area contributed by atoms with Crippen molar-refractivity contribution < 1.29 is 19.1 Å². The smallest absolute Gasteiger partial charge is 0.407 e. The summed E-state index contributed by atoms with van der Waals surface area (Å²) in [6.07, 6.45) is 0.802. The van der Waals surface area contributed by atoms with E-state index in [0.29, 0.717) is 32.6 Å². The molecule has 0 aromatic heterocycles. The summed E-state index contributed by atoms with van der Waals surface area (Å²) >= 11 is 3.39. The predicted molar refractivity (Wildman–Crippen MR) is 114 cm³/mol. The molecule has 0 radical (unpaired) electrons. The minimum absolute atomic E-state index is 0.0248. The topological polar surface area (TPSA) is 79.0 Å². The number of alkyl carbamates (subject to hydrolysis) is 1. The maximum atomic E-state index is 12.6. The van der Waals surface area contributed by atoms with Gasteiger partial charge in [0.1, 0.15) is 5.60 Å². The van der Waals surface area contributed by atoms with Gasteiger partial charge in [0, 0.05) is 43.6 Å². The molecular formula is C21H30BrN3O4. The Morgan fingerprint density at radius 1 is 1.00 bits per heavy atom. The molecule has 160 valence electrons. The minimum atomic E-state index is -0.564. The van der Waals surface area contributed by atoms with Gasteiger partial charge in [0.05, 0.1) is 6.42 Å². The second-order valence-corrected chi connectivity index (χ2v) is 9.01. The van der Waals surface area contributed by atoms with Crippen molar-refractivity contribution in [3.63, 3.8) is 0 Å². The molecule has 0 unspecified atom stereocenters. The maximum Gasteiger partial charge on any atom is 0.407 e. The highest BCUT2D eigenvalue weighted by Gasteiger charge is 2.22. The number of hydrogen-bond acceptors (Lipinski definition) is 4. The van der Waals surface area contributed by atoms with E-state index in [9.17, 15) is 14.4 Å². The fourth-order valence-corrected chi connectivity index (χ4v) is 3.31. The summed E-state index contributed by atoms with van der Waals surface area (Å²) in [5.74, 6) is 0.0523. The highest BCUT2D eigenvalue weighted by Crippen LogP contribution is 2.13. The number of halogens is 1. The highest BCUT2D eigenvalue weighted by molar-refractivity contribution is 9.10. The molecule has 7 nitrogen and oxygen atoms in total. The van der Waals surface area contributed by atoms with Gasteiger partial charge >= 0.3 is 6.09 Å². The van der Waals surface area contributed by atoms with Crippen LogP contribution in [0.4, 0.5) is 4.79 Å². The van der Waals surface area contributed by atoms with Crippen molar-refractivity contribution in [3.8, 4) is 0 Å². The Morgan fingerprint density at radius 2 is 1.59 bits per heavy atom. The van der Waals surface area contributed by atoms with E-state index in [-0.39, 0.29) is 24.8 Å². The Labute approximate surface area is 180 Å². The number of benzene rings is 1. The number of nitrogens with zero attached hydrogens (tertiary/aromatic N) is 2. The van der Waals surface area contributed by atoms with Crippen LogP contribution >= 0.6 is 15.9 Å². The maximum absolute atomic E-state index is 12.6. The standard InChI is InChI=1S/C21H30BrN3O4/c1-21(2,3)29-20(28)23-10-9-18(26)24-11-4-12-25(14-13-24)19(27)15-16-5-7-17(22)8-6-16/h5-8H,4,9-15H2,1-3H3,(H,23,28). The lowest BCUT2D eigenvalue weighted by Crippen LogP contribution is -2.39. The van der Waals surface area contributed by atoms with Gasteiger partial charge in [-0.1, -0.05) is 28.1 Å². The van der Waals surface area contributed by atoms with E-state index < -0.39 is 11.7 Å². The second kappa shape index (κ2) is 10.6. The van der Waals surface area contributed by atoms with Crippen molar-refractivity contribution in [2.45, 2.75) is 45.6 Å². The first kappa shape index (κ1) is 23.2. The molecular weight excluding hydrogens is 438 g/mol. The zero-order chi connectivity index (χ0) is 21.4. The molecule has 1 saturated heterocycles. The Bertz CT molecular complexity index is 716. The fraction of sp³-hybridized carbons (Fsp3) is 0.571. The van der Waals surface area contributed by atoms with E-state index in [1.807, 2.05) is 29.2 Å². The Hall–Kier alpha value is -2.09. The van der Waals surface area contributed by atoms with Crippen LogP contribution in [-0.4, -0.2) is 66.0 Å². The third-order valence-corrected chi connectivity index (χ3v) is 5.01. The first-order valence-electron chi connectivity index (χ1n) is 9.91. The van der Waals surface area contributed by atoms with E-state index >= 15 is 0 Å². The molecule has 0 aliphatic carbocycles. The average Bonchev–Trinajstić information content (AvgIpc) is 2.88. The summed E-state index contributed by atoms with van der Waals surface area (Å²) in [7, 11) is 0. The van der Waals surface area contributed by atoms with Crippen LogP contribution in [0.5, 0.6) is 0 Å². The number of hydrogen-bond donors (Lipinski definition) is 1.